The van der Waals surface area contributed by atoms with Crippen molar-refractivity contribution in [2.45, 2.75) is 26.0 Å². The molecule has 0 spiro atoms. The van der Waals surface area contributed by atoms with E-state index in [0.717, 1.165) is 38.3 Å². The zero-order valence-corrected chi connectivity index (χ0v) is 12.8. The van der Waals surface area contributed by atoms with Crippen LogP contribution in [0.1, 0.15) is 19.4 Å². The number of piperazine rings is 1. The minimum absolute atomic E-state index is 0.170. The van der Waals surface area contributed by atoms with Crippen molar-refractivity contribution < 1.29 is 9.50 Å². The molecule has 5 heteroatoms. The Morgan fingerprint density at radius 2 is 1.80 bits per heavy atom. The van der Waals surface area contributed by atoms with Crippen LogP contribution in [-0.4, -0.2) is 53.2 Å². The molecular formula is C15H22ClFN2O. The second-order valence-corrected chi connectivity index (χ2v) is 6.52. The van der Waals surface area contributed by atoms with Crippen molar-refractivity contribution in [1.82, 2.24) is 9.80 Å². The molecule has 1 aromatic carbocycles. The molecule has 1 saturated heterocycles. The van der Waals surface area contributed by atoms with Crippen molar-refractivity contribution in [2.24, 2.45) is 0 Å². The summed E-state index contributed by atoms with van der Waals surface area (Å²) in [6, 6.07) is 4.98. The largest absolute Gasteiger partial charge is 0.389 e. The van der Waals surface area contributed by atoms with Gasteiger partial charge in [-0.15, -0.1) is 0 Å². The van der Waals surface area contributed by atoms with E-state index in [-0.39, 0.29) is 10.8 Å². The van der Waals surface area contributed by atoms with Crippen LogP contribution in [0.4, 0.5) is 4.39 Å². The SMILES string of the molecule is CC(C)(O)CN1CCN(Cc2ccc(Cl)c(F)c2)CC1. The number of hydrogen-bond acceptors (Lipinski definition) is 3. The first-order valence-corrected chi connectivity index (χ1v) is 7.32. The van der Waals surface area contributed by atoms with Crippen LogP contribution in [0.5, 0.6) is 0 Å². The minimum Gasteiger partial charge on any atom is -0.389 e. The van der Waals surface area contributed by atoms with Crippen molar-refractivity contribution >= 4 is 11.6 Å². The summed E-state index contributed by atoms with van der Waals surface area (Å²) in [4.78, 5) is 4.56. The summed E-state index contributed by atoms with van der Waals surface area (Å²) in [6.07, 6.45) is 0. The van der Waals surface area contributed by atoms with Gasteiger partial charge in [-0.25, -0.2) is 4.39 Å². The van der Waals surface area contributed by atoms with Crippen molar-refractivity contribution in [3.05, 3.63) is 34.6 Å². The lowest BCUT2D eigenvalue weighted by atomic mass is 10.1. The molecule has 2 rings (SSSR count). The van der Waals surface area contributed by atoms with Gasteiger partial charge in [-0.3, -0.25) is 9.80 Å². The maximum atomic E-state index is 13.4. The van der Waals surface area contributed by atoms with Crippen LogP contribution in [0.15, 0.2) is 18.2 Å². The van der Waals surface area contributed by atoms with Gasteiger partial charge in [0.25, 0.3) is 0 Å². The normalized spacial score (nSPS) is 18.4. The lowest BCUT2D eigenvalue weighted by Crippen LogP contribution is -2.50. The van der Waals surface area contributed by atoms with Gasteiger partial charge in [0.1, 0.15) is 5.82 Å². The van der Waals surface area contributed by atoms with E-state index in [2.05, 4.69) is 9.80 Å². The number of hydrogen-bond donors (Lipinski definition) is 1. The summed E-state index contributed by atoms with van der Waals surface area (Å²) in [5.41, 5.74) is 0.296. The second kappa shape index (κ2) is 6.39. The van der Waals surface area contributed by atoms with Gasteiger partial charge < -0.3 is 5.11 Å². The maximum absolute atomic E-state index is 13.4. The maximum Gasteiger partial charge on any atom is 0.142 e. The summed E-state index contributed by atoms with van der Waals surface area (Å²) in [5.74, 6) is -0.357. The van der Waals surface area contributed by atoms with Crippen molar-refractivity contribution in [3.63, 3.8) is 0 Å². The number of aliphatic hydroxyl groups is 1. The van der Waals surface area contributed by atoms with Gasteiger partial charge in [-0.05, 0) is 31.5 Å². The van der Waals surface area contributed by atoms with Crippen LogP contribution in [0, 0.1) is 5.82 Å². The first kappa shape index (κ1) is 15.7. The molecule has 0 atom stereocenters. The fourth-order valence-corrected chi connectivity index (χ4v) is 2.67. The quantitative estimate of drug-likeness (QED) is 0.925. The van der Waals surface area contributed by atoms with Crippen molar-refractivity contribution in [2.75, 3.05) is 32.7 Å². The van der Waals surface area contributed by atoms with Crippen LogP contribution in [-0.2, 0) is 6.54 Å². The highest BCUT2D eigenvalue weighted by atomic mass is 35.5. The molecule has 1 aliphatic rings. The fraction of sp³-hybridized carbons (Fsp3) is 0.600. The Kier molecular flexibility index (Phi) is 5.02. The molecule has 0 aromatic heterocycles. The van der Waals surface area contributed by atoms with Crippen LogP contribution >= 0.6 is 11.6 Å². The van der Waals surface area contributed by atoms with Crippen LogP contribution in [0.25, 0.3) is 0 Å². The van der Waals surface area contributed by atoms with Gasteiger partial charge in [0, 0.05) is 39.3 Å². The number of nitrogens with zero attached hydrogens (tertiary/aromatic N) is 2. The first-order chi connectivity index (χ1) is 9.33. The predicted octanol–water partition coefficient (Wildman–Crippen LogP) is 2.37. The van der Waals surface area contributed by atoms with E-state index in [1.165, 1.54) is 6.07 Å². The lowest BCUT2D eigenvalue weighted by Gasteiger charge is -2.37. The molecular weight excluding hydrogens is 279 g/mol. The van der Waals surface area contributed by atoms with E-state index < -0.39 is 5.60 Å². The molecule has 1 fully saturated rings. The average molecular weight is 301 g/mol. The third-order valence-electron chi connectivity index (χ3n) is 3.47. The highest BCUT2D eigenvalue weighted by Crippen LogP contribution is 2.17. The van der Waals surface area contributed by atoms with Crippen molar-refractivity contribution in [1.29, 1.82) is 0 Å². The third kappa shape index (κ3) is 4.70. The van der Waals surface area contributed by atoms with Gasteiger partial charge in [-0.1, -0.05) is 17.7 Å². The van der Waals surface area contributed by atoms with Gasteiger partial charge in [-0.2, -0.15) is 0 Å². The second-order valence-electron chi connectivity index (χ2n) is 6.11. The number of halogens is 2. The van der Waals surface area contributed by atoms with Gasteiger partial charge >= 0.3 is 0 Å². The Morgan fingerprint density at radius 1 is 1.20 bits per heavy atom. The topological polar surface area (TPSA) is 26.7 Å². The summed E-state index contributed by atoms with van der Waals surface area (Å²) in [5, 5.41) is 9.99. The average Bonchev–Trinajstić information content (AvgIpc) is 2.35. The summed E-state index contributed by atoms with van der Waals surface area (Å²) in [7, 11) is 0. The Morgan fingerprint density at radius 3 is 2.35 bits per heavy atom. The molecule has 1 N–H and O–H groups in total. The Balaban J connectivity index is 1.83. The number of rotatable bonds is 4. The molecule has 1 aromatic rings. The zero-order valence-electron chi connectivity index (χ0n) is 12.1. The molecule has 0 bridgehead atoms. The highest BCUT2D eigenvalue weighted by Gasteiger charge is 2.22. The Bertz CT molecular complexity index is 454. The zero-order chi connectivity index (χ0) is 14.8. The molecule has 0 radical (unpaired) electrons. The molecule has 0 unspecified atom stereocenters. The number of β-amino-alcohol motifs (C(OH)–C–C–N with tert-alkyl or cyclic N) is 1. The van der Waals surface area contributed by atoms with Crippen LogP contribution in [0.3, 0.4) is 0 Å². The van der Waals surface area contributed by atoms with Gasteiger partial charge in [0.2, 0.25) is 0 Å². The van der Waals surface area contributed by atoms with Gasteiger partial charge in [0.15, 0.2) is 0 Å². The summed E-state index contributed by atoms with van der Waals surface area (Å²) < 4.78 is 13.4. The Hall–Kier alpha value is -0.680. The van der Waals surface area contributed by atoms with E-state index in [4.69, 9.17) is 11.6 Å². The fourth-order valence-electron chi connectivity index (χ4n) is 2.55. The molecule has 0 saturated carbocycles. The number of benzene rings is 1. The molecule has 112 valence electrons. The minimum atomic E-state index is -0.651. The lowest BCUT2D eigenvalue weighted by molar-refractivity contribution is 0.0166. The monoisotopic (exact) mass is 300 g/mol. The van der Waals surface area contributed by atoms with E-state index in [9.17, 15) is 9.50 Å². The molecule has 20 heavy (non-hydrogen) atoms. The predicted molar refractivity (Wildman–Crippen MR) is 79.4 cm³/mol. The van der Waals surface area contributed by atoms with E-state index in [1.807, 2.05) is 19.9 Å². The van der Waals surface area contributed by atoms with Crippen LogP contribution in [0.2, 0.25) is 5.02 Å². The summed E-state index contributed by atoms with van der Waals surface area (Å²) in [6.45, 7) is 8.81. The molecule has 1 heterocycles. The third-order valence-corrected chi connectivity index (χ3v) is 3.77. The van der Waals surface area contributed by atoms with E-state index in [1.54, 1.807) is 6.07 Å². The first-order valence-electron chi connectivity index (χ1n) is 6.94. The van der Waals surface area contributed by atoms with E-state index >= 15 is 0 Å². The highest BCUT2D eigenvalue weighted by molar-refractivity contribution is 6.30. The standard InChI is InChI=1S/C15H22ClFN2O/c1-15(2,20)11-19-7-5-18(6-8-19)10-12-3-4-13(16)14(17)9-12/h3-4,9,20H,5-8,10-11H2,1-2H3. The van der Waals surface area contributed by atoms with Gasteiger partial charge in [0.05, 0.1) is 10.6 Å². The Labute approximate surface area is 124 Å². The molecule has 3 nitrogen and oxygen atoms in total. The van der Waals surface area contributed by atoms with Crippen molar-refractivity contribution in [3.8, 4) is 0 Å². The van der Waals surface area contributed by atoms with Crippen LogP contribution < -0.4 is 0 Å². The molecule has 1 aliphatic heterocycles. The molecule has 0 amide bonds. The smallest absolute Gasteiger partial charge is 0.142 e. The molecule has 0 aliphatic carbocycles. The van der Waals surface area contributed by atoms with E-state index in [0.29, 0.717) is 6.54 Å². The summed E-state index contributed by atoms with van der Waals surface area (Å²) >= 11 is 5.69.